The van der Waals surface area contributed by atoms with Crippen molar-refractivity contribution in [3.63, 3.8) is 0 Å². The van der Waals surface area contributed by atoms with Gasteiger partial charge in [-0.3, -0.25) is 4.40 Å². The zero-order chi connectivity index (χ0) is 27.7. The predicted octanol–water partition coefficient (Wildman–Crippen LogP) is 5.45. The lowest BCUT2D eigenvalue weighted by Gasteiger charge is -2.29. The first-order chi connectivity index (χ1) is 19.4. The second kappa shape index (κ2) is 10.6. The molecular weight excluding hydrogens is 517 g/mol. The number of anilines is 2. The van der Waals surface area contributed by atoms with Crippen molar-refractivity contribution < 1.29 is 13.2 Å². The molecule has 0 saturated carbocycles. The average Bonchev–Trinajstić information content (AvgIpc) is 3.47. The van der Waals surface area contributed by atoms with E-state index in [2.05, 4.69) is 30.7 Å². The highest BCUT2D eigenvalue weighted by Gasteiger charge is 2.31. The number of hydrogen-bond acceptors (Lipinski definition) is 7. The van der Waals surface area contributed by atoms with Crippen LogP contribution in [0, 0.1) is 0 Å². The number of rotatable bonds is 6. The minimum atomic E-state index is -4.49. The molecule has 204 valence electrons. The molecule has 40 heavy (non-hydrogen) atoms. The van der Waals surface area contributed by atoms with E-state index in [1.807, 2.05) is 49.4 Å². The first-order valence-corrected chi connectivity index (χ1v) is 13.0. The lowest BCUT2D eigenvalue weighted by Crippen LogP contribution is -2.44. The van der Waals surface area contributed by atoms with Crippen LogP contribution in [0.25, 0.3) is 28.0 Å². The van der Waals surface area contributed by atoms with Crippen LogP contribution >= 0.6 is 0 Å². The highest BCUT2D eigenvalue weighted by atomic mass is 19.4. The van der Waals surface area contributed by atoms with Gasteiger partial charge in [-0.25, -0.2) is 9.97 Å². The minimum absolute atomic E-state index is 0.0183. The Morgan fingerprint density at radius 3 is 2.52 bits per heavy atom. The molecule has 4 heterocycles. The summed E-state index contributed by atoms with van der Waals surface area (Å²) >= 11 is 0. The van der Waals surface area contributed by atoms with E-state index in [4.69, 9.17) is 4.98 Å². The van der Waals surface area contributed by atoms with Crippen molar-refractivity contribution in [3.05, 3.63) is 90.4 Å². The number of hydrogen-bond donors (Lipinski definition) is 2. The lowest BCUT2D eigenvalue weighted by atomic mass is 9.98. The molecule has 0 bridgehead atoms. The molecule has 2 N–H and O–H groups in total. The molecule has 0 amide bonds. The Labute approximate surface area is 228 Å². The third-order valence-corrected chi connectivity index (χ3v) is 7.01. The van der Waals surface area contributed by atoms with E-state index in [1.165, 1.54) is 6.07 Å². The van der Waals surface area contributed by atoms with Crippen LogP contribution in [0.2, 0.25) is 0 Å². The Bertz CT molecular complexity index is 1630. The molecule has 8 nitrogen and oxygen atoms in total. The van der Waals surface area contributed by atoms with Crippen LogP contribution in [0.4, 0.5) is 24.9 Å². The second-order valence-corrected chi connectivity index (χ2v) is 9.68. The van der Waals surface area contributed by atoms with Crippen molar-refractivity contribution in [2.75, 3.05) is 36.4 Å². The van der Waals surface area contributed by atoms with Gasteiger partial charge in [0.05, 0.1) is 16.8 Å². The predicted molar refractivity (Wildman–Crippen MR) is 148 cm³/mol. The first kappa shape index (κ1) is 25.8. The molecule has 1 aliphatic heterocycles. The van der Waals surface area contributed by atoms with Gasteiger partial charge in [-0.2, -0.15) is 13.2 Å². The van der Waals surface area contributed by atoms with Crippen LogP contribution in [0.5, 0.6) is 0 Å². The number of fused-ring (bicyclic) bond motifs is 1. The van der Waals surface area contributed by atoms with E-state index < -0.39 is 11.7 Å². The number of nitrogens with one attached hydrogen (secondary N) is 2. The summed E-state index contributed by atoms with van der Waals surface area (Å²) in [7, 11) is 0. The molecule has 2 aromatic carbocycles. The summed E-state index contributed by atoms with van der Waals surface area (Å²) in [6.45, 7) is 5.06. The van der Waals surface area contributed by atoms with E-state index in [0.717, 1.165) is 43.9 Å². The molecule has 3 aromatic heterocycles. The summed E-state index contributed by atoms with van der Waals surface area (Å²) in [6.07, 6.45) is -1.26. The zero-order valence-electron chi connectivity index (χ0n) is 21.7. The lowest BCUT2D eigenvalue weighted by molar-refractivity contribution is -0.137. The molecule has 1 saturated heterocycles. The summed E-state index contributed by atoms with van der Waals surface area (Å²) in [6, 6.07) is 18.9. The molecule has 1 unspecified atom stereocenters. The van der Waals surface area contributed by atoms with Crippen molar-refractivity contribution in [2.45, 2.75) is 19.1 Å². The van der Waals surface area contributed by atoms with E-state index in [0.29, 0.717) is 39.8 Å². The highest BCUT2D eigenvalue weighted by molar-refractivity contribution is 5.91. The van der Waals surface area contributed by atoms with Gasteiger partial charge in [0.1, 0.15) is 12.1 Å². The summed E-state index contributed by atoms with van der Waals surface area (Å²) in [5, 5.41) is 15.2. The fourth-order valence-electron chi connectivity index (χ4n) is 4.98. The van der Waals surface area contributed by atoms with Gasteiger partial charge in [0.15, 0.2) is 5.65 Å². The van der Waals surface area contributed by atoms with Gasteiger partial charge in [-0.1, -0.05) is 42.5 Å². The van der Waals surface area contributed by atoms with Crippen LogP contribution in [0.1, 0.15) is 24.1 Å². The average molecular weight is 545 g/mol. The Morgan fingerprint density at radius 2 is 1.75 bits per heavy atom. The highest BCUT2D eigenvalue weighted by Crippen LogP contribution is 2.39. The van der Waals surface area contributed by atoms with E-state index in [9.17, 15) is 13.2 Å². The number of piperazine rings is 1. The van der Waals surface area contributed by atoms with Crippen LogP contribution in [-0.4, -0.2) is 50.7 Å². The second-order valence-electron chi connectivity index (χ2n) is 9.68. The van der Waals surface area contributed by atoms with Gasteiger partial charge in [-0.05, 0) is 42.3 Å². The number of pyridine rings is 1. The molecular formula is C29H27F3N8. The number of halogens is 3. The molecule has 0 radical (unpaired) electrons. The molecule has 11 heteroatoms. The minimum Gasteiger partial charge on any atom is -0.364 e. The van der Waals surface area contributed by atoms with Crippen molar-refractivity contribution in [1.29, 1.82) is 0 Å². The normalized spacial score (nSPS) is 14.8. The summed E-state index contributed by atoms with van der Waals surface area (Å²) in [5.74, 6) is 1.26. The number of nitrogens with zero attached hydrogens (tertiary/aromatic N) is 6. The fraction of sp³-hybridized carbons (Fsp3) is 0.241. The van der Waals surface area contributed by atoms with Crippen molar-refractivity contribution >= 4 is 17.4 Å². The Morgan fingerprint density at radius 1 is 0.950 bits per heavy atom. The molecule has 0 spiro atoms. The Kier molecular flexibility index (Phi) is 6.81. The number of aromatic nitrogens is 5. The van der Waals surface area contributed by atoms with Crippen molar-refractivity contribution in [2.24, 2.45) is 0 Å². The van der Waals surface area contributed by atoms with E-state index >= 15 is 0 Å². The van der Waals surface area contributed by atoms with E-state index in [1.54, 1.807) is 23.0 Å². The fourth-order valence-corrected chi connectivity index (χ4v) is 4.98. The summed E-state index contributed by atoms with van der Waals surface area (Å²) in [4.78, 5) is 11.7. The van der Waals surface area contributed by atoms with Gasteiger partial charge in [0.25, 0.3) is 0 Å². The monoisotopic (exact) mass is 544 g/mol. The summed E-state index contributed by atoms with van der Waals surface area (Å²) in [5.41, 5.74) is 2.82. The Hall–Kier alpha value is -4.51. The van der Waals surface area contributed by atoms with E-state index in [-0.39, 0.29) is 6.04 Å². The van der Waals surface area contributed by atoms with Crippen LogP contribution in [-0.2, 0) is 6.18 Å². The van der Waals surface area contributed by atoms with Crippen LogP contribution < -0.4 is 15.5 Å². The van der Waals surface area contributed by atoms with Gasteiger partial charge >= 0.3 is 6.18 Å². The SMILES string of the molecule is CC(Nc1cc(-c2nc(N3CCNCC3)n3cnnc3c2-c2cccc(C(F)(F)F)c2)ccn1)c1ccccc1. The maximum absolute atomic E-state index is 13.7. The van der Waals surface area contributed by atoms with Crippen molar-refractivity contribution in [3.8, 4) is 22.4 Å². The van der Waals surface area contributed by atoms with Crippen LogP contribution in [0.15, 0.2) is 79.3 Å². The largest absolute Gasteiger partial charge is 0.416 e. The Balaban J connectivity index is 1.52. The molecule has 6 rings (SSSR count). The van der Waals surface area contributed by atoms with Gasteiger partial charge in [0.2, 0.25) is 5.95 Å². The maximum atomic E-state index is 13.7. The van der Waals surface area contributed by atoms with Gasteiger partial charge < -0.3 is 15.5 Å². The number of benzene rings is 2. The quantitative estimate of drug-likeness (QED) is 0.294. The molecule has 1 atom stereocenters. The smallest absolute Gasteiger partial charge is 0.364 e. The maximum Gasteiger partial charge on any atom is 0.416 e. The van der Waals surface area contributed by atoms with Crippen molar-refractivity contribution in [1.82, 2.24) is 29.9 Å². The third kappa shape index (κ3) is 5.07. The summed E-state index contributed by atoms with van der Waals surface area (Å²) < 4.78 is 42.9. The number of alkyl halides is 3. The molecule has 5 aromatic rings. The third-order valence-electron chi connectivity index (χ3n) is 7.01. The van der Waals surface area contributed by atoms with Crippen LogP contribution in [0.3, 0.4) is 0 Å². The standard InChI is InChI=1S/C29H27F3N8/c1-19(20-6-3-2-4-7-20)36-24-17-22(10-11-34-24)26-25(21-8-5-9-23(16-21)29(30,31)32)27-38-35-18-40(27)28(37-26)39-14-12-33-13-15-39/h2-11,16-19,33H,12-15H2,1H3,(H,34,36). The van der Waals surface area contributed by atoms with Gasteiger partial charge in [-0.15, -0.1) is 10.2 Å². The topological polar surface area (TPSA) is 83.3 Å². The first-order valence-electron chi connectivity index (χ1n) is 13.0. The molecule has 1 aliphatic rings. The molecule has 0 aliphatic carbocycles. The zero-order valence-corrected chi connectivity index (χ0v) is 21.7. The van der Waals surface area contributed by atoms with Gasteiger partial charge in [0, 0.05) is 44.0 Å². The molecule has 1 fully saturated rings.